The van der Waals surface area contributed by atoms with Crippen LogP contribution in [0.15, 0.2) is 17.2 Å². The number of fused-ring (bicyclic) bond motifs is 1. The Labute approximate surface area is 151 Å². The summed E-state index contributed by atoms with van der Waals surface area (Å²) in [6, 6.07) is 0. The zero-order valence-electron chi connectivity index (χ0n) is 13.2. The molecule has 0 spiro atoms. The Bertz CT molecular complexity index is 941. The highest BCUT2D eigenvalue weighted by Gasteiger charge is 2.29. The molecular formula is C15H13ClN4O6. The van der Waals surface area contributed by atoms with Gasteiger partial charge in [-0.15, -0.1) is 0 Å². The molecule has 0 saturated heterocycles. The maximum absolute atomic E-state index is 12.8. The first-order valence-corrected chi connectivity index (χ1v) is 7.78. The second-order valence-corrected chi connectivity index (χ2v) is 5.83. The standard InChI is InChI=1S/C15H13ClN4O6/c16-10-2-17-7(1-18-10)4-20-9-6-26-5-8(9)13(23)12(15(20)25)14(24)19-3-11(21)22/h1-2,23H,3-6H2,(H,19,24)(H,21,22). The van der Waals surface area contributed by atoms with Gasteiger partial charge in [-0.3, -0.25) is 19.4 Å². The van der Waals surface area contributed by atoms with Gasteiger partial charge in [0.2, 0.25) is 0 Å². The molecule has 3 N–H and O–H groups in total. The van der Waals surface area contributed by atoms with Crippen LogP contribution in [0.4, 0.5) is 0 Å². The van der Waals surface area contributed by atoms with Crippen molar-refractivity contribution in [1.82, 2.24) is 19.9 Å². The molecule has 0 unspecified atom stereocenters. The molecule has 1 aliphatic heterocycles. The number of nitrogens with zero attached hydrogens (tertiary/aromatic N) is 3. The third-order valence-corrected chi connectivity index (χ3v) is 3.96. The number of carbonyl (C=O) groups excluding carboxylic acids is 1. The maximum atomic E-state index is 12.8. The van der Waals surface area contributed by atoms with Crippen LogP contribution < -0.4 is 10.9 Å². The first-order chi connectivity index (χ1) is 12.4. The minimum absolute atomic E-state index is 0.0197. The fourth-order valence-electron chi connectivity index (χ4n) is 2.57. The van der Waals surface area contributed by atoms with Crippen molar-refractivity contribution in [2.45, 2.75) is 19.8 Å². The molecule has 1 aliphatic rings. The van der Waals surface area contributed by atoms with Gasteiger partial charge in [0.15, 0.2) is 0 Å². The summed E-state index contributed by atoms with van der Waals surface area (Å²) in [5.74, 6) is -2.77. The lowest BCUT2D eigenvalue weighted by molar-refractivity contribution is -0.135. The molecule has 1 amide bonds. The number of carboxylic acids is 1. The van der Waals surface area contributed by atoms with Crippen molar-refractivity contribution in [3.8, 4) is 5.75 Å². The van der Waals surface area contributed by atoms with Crippen LogP contribution in [0.3, 0.4) is 0 Å². The Hall–Kier alpha value is -2.98. The number of aliphatic carboxylic acids is 1. The molecule has 2 aromatic rings. The number of hydrogen-bond acceptors (Lipinski definition) is 7. The zero-order chi connectivity index (χ0) is 18.8. The monoisotopic (exact) mass is 380 g/mol. The van der Waals surface area contributed by atoms with Gasteiger partial charge >= 0.3 is 5.97 Å². The van der Waals surface area contributed by atoms with Gasteiger partial charge in [0, 0.05) is 5.56 Å². The van der Waals surface area contributed by atoms with Crippen LogP contribution >= 0.6 is 11.6 Å². The second kappa shape index (κ2) is 7.10. The fourth-order valence-corrected chi connectivity index (χ4v) is 2.67. The van der Waals surface area contributed by atoms with Gasteiger partial charge in [-0.25, -0.2) is 4.98 Å². The third-order valence-electron chi connectivity index (χ3n) is 3.76. The van der Waals surface area contributed by atoms with Crippen molar-refractivity contribution in [1.29, 1.82) is 0 Å². The van der Waals surface area contributed by atoms with Gasteiger partial charge < -0.3 is 24.8 Å². The number of aromatic nitrogens is 3. The summed E-state index contributed by atoms with van der Waals surface area (Å²) in [6.45, 7) is -0.606. The zero-order valence-corrected chi connectivity index (χ0v) is 14.0. The summed E-state index contributed by atoms with van der Waals surface area (Å²) in [6.07, 6.45) is 2.70. The highest BCUT2D eigenvalue weighted by atomic mass is 35.5. The van der Waals surface area contributed by atoms with Crippen LogP contribution in [0.5, 0.6) is 5.75 Å². The van der Waals surface area contributed by atoms with Crippen LogP contribution in [0.25, 0.3) is 0 Å². The maximum Gasteiger partial charge on any atom is 0.322 e. The van der Waals surface area contributed by atoms with E-state index in [9.17, 15) is 19.5 Å². The number of rotatable bonds is 5. The smallest absolute Gasteiger partial charge is 0.322 e. The molecule has 26 heavy (non-hydrogen) atoms. The molecule has 3 heterocycles. The summed E-state index contributed by atoms with van der Waals surface area (Å²) in [4.78, 5) is 43.5. The Balaban J connectivity index is 2.06. The number of amides is 1. The van der Waals surface area contributed by atoms with E-state index < -0.39 is 35.3 Å². The number of aromatic hydroxyl groups is 1. The average Bonchev–Trinajstić information content (AvgIpc) is 3.08. The molecule has 0 saturated carbocycles. The summed E-state index contributed by atoms with van der Waals surface area (Å²) in [5, 5.41) is 21.2. The number of halogens is 1. The van der Waals surface area contributed by atoms with Gasteiger partial charge in [0.25, 0.3) is 11.5 Å². The van der Waals surface area contributed by atoms with E-state index in [2.05, 4.69) is 15.3 Å². The van der Waals surface area contributed by atoms with Crippen LogP contribution in [0.2, 0.25) is 5.15 Å². The molecule has 0 fully saturated rings. The Morgan fingerprint density at radius 1 is 1.31 bits per heavy atom. The van der Waals surface area contributed by atoms with E-state index >= 15 is 0 Å². The highest BCUT2D eigenvalue weighted by molar-refractivity contribution is 6.29. The normalized spacial score (nSPS) is 12.7. The van der Waals surface area contributed by atoms with E-state index in [0.29, 0.717) is 17.0 Å². The summed E-state index contributed by atoms with van der Waals surface area (Å²) >= 11 is 5.69. The molecule has 0 atom stereocenters. The van der Waals surface area contributed by atoms with Crippen molar-refractivity contribution in [2.75, 3.05) is 6.54 Å². The van der Waals surface area contributed by atoms with Crippen molar-refractivity contribution in [3.63, 3.8) is 0 Å². The first-order valence-electron chi connectivity index (χ1n) is 7.40. The predicted octanol–water partition coefficient (Wildman–Crippen LogP) is -0.110. The number of carboxylic acid groups (broad SMARTS) is 1. The van der Waals surface area contributed by atoms with Crippen molar-refractivity contribution < 1.29 is 24.5 Å². The Kier molecular flexibility index (Phi) is 4.87. The number of nitrogens with one attached hydrogen (secondary N) is 1. The lowest BCUT2D eigenvalue weighted by atomic mass is 10.1. The molecule has 11 heteroatoms. The molecular weight excluding hydrogens is 368 g/mol. The molecule has 2 aromatic heterocycles. The van der Waals surface area contributed by atoms with Gasteiger partial charge in [-0.2, -0.15) is 0 Å². The Morgan fingerprint density at radius 2 is 2.08 bits per heavy atom. The molecule has 0 aliphatic carbocycles. The van der Waals surface area contributed by atoms with Gasteiger partial charge in [-0.05, 0) is 0 Å². The highest BCUT2D eigenvalue weighted by Crippen LogP contribution is 2.29. The molecule has 3 rings (SSSR count). The van der Waals surface area contributed by atoms with Crippen LogP contribution in [0, 0.1) is 0 Å². The van der Waals surface area contributed by atoms with E-state index in [4.69, 9.17) is 21.4 Å². The van der Waals surface area contributed by atoms with Gasteiger partial charge in [-0.1, -0.05) is 11.6 Å². The van der Waals surface area contributed by atoms with Gasteiger partial charge in [0.1, 0.15) is 23.0 Å². The van der Waals surface area contributed by atoms with E-state index in [1.165, 1.54) is 17.0 Å². The minimum atomic E-state index is -1.28. The van der Waals surface area contributed by atoms with E-state index in [1.54, 1.807) is 0 Å². The van der Waals surface area contributed by atoms with Crippen LogP contribution in [-0.4, -0.2) is 43.2 Å². The first kappa shape index (κ1) is 17.8. The van der Waals surface area contributed by atoms with Crippen molar-refractivity contribution in [2.24, 2.45) is 0 Å². The molecule has 136 valence electrons. The lowest BCUT2D eigenvalue weighted by Crippen LogP contribution is -2.37. The quantitative estimate of drug-likeness (QED) is 0.651. The molecule has 0 aromatic carbocycles. The number of pyridine rings is 1. The lowest BCUT2D eigenvalue weighted by Gasteiger charge is -2.15. The largest absolute Gasteiger partial charge is 0.506 e. The Morgan fingerprint density at radius 3 is 2.73 bits per heavy atom. The number of ether oxygens (including phenoxy) is 1. The van der Waals surface area contributed by atoms with Crippen molar-refractivity contribution in [3.05, 3.63) is 50.4 Å². The predicted molar refractivity (Wildman–Crippen MR) is 87.0 cm³/mol. The fraction of sp³-hybridized carbons (Fsp3) is 0.267. The van der Waals surface area contributed by atoms with Crippen molar-refractivity contribution >= 4 is 23.5 Å². The summed E-state index contributed by atoms with van der Waals surface area (Å²) in [7, 11) is 0. The van der Waals surface area contributed by atoms with Crippen LogP contribution in [-0.2, 0) is 29.3 Å². The number of carbonyl (C=O) groups is 2. The average molecular weight is 381 g/mol. The van der Waals surface area contributed by atoms with Crippen LogP contribution in [0.1, 0.15) is 27.3 Å². The van der Waals surface area contributed by atoms with E-state index in [1.807, 2.05) is 0 Å². The molecule has 10 nitrogen and oxygen atoms in total. The second-order valence-electron chi connectivity index (χ2n) is 5.44. The van der Waals surface area contributed by atoms with E-state index in [0.717, 1.165) is 0 Å². The third kappa shape index (κ3) is 3.37. The minimum Gasteiger partial charge on any atom is -0.506 e. The molecule has 0 bridgehead atoms. The number of hydrogen-bond donors (Lipinski definition) is 3. The summed E-state index contributed by atoms with van der Waals surface area (Å²) < 4.78 is 6.52. The topological polar surface area (TPSA) is 144 Å². The SMILES string of the molecule is O=C(O)CNC(=O)c1c(O)c2c(n(Cc3cnc(Cl)cn3)c1=O)COC2. The van der Waals surface area contributed by atoms with E-state index in [-0.39, 0.29) is 24.9 Å². The summed E-state index contributed by atoms with van der Waals surface area (Å²) in [5.41, 5.74) is -0.206. The van der Waals surface area contributed by atoms with Gasteiger partial charge in [0.05, 0.1) is 43.5 Å². The molecule has 0 radical (unpaired) electrons.